The van der Waals surface area contributed by atoms with E-state index in [9.17, 15) is 18.0 Å². The van der Waals surface area contributed by atoms with E-state index in [-0.39, 0.29) is 10.8 Å². The van der Waals surface area contributed by atoms with Crippen LogP contribution in [0, 0.1) is 0 Å². The number of esters is 1. The molecule has 0 amide bonds. The summed E-state index contributed by atoms with van der Waals surface area (Å²) in [6.07, 6.45) is -5.55. The molecule has 0 unspecified atom stereocenters. The van der Waals surface area contributed by atoms with Gasteiger partial charge in [-0.15, -0.1) is 0 Å². The van der Waals surface area contributed by atoms with Crippen molar-refractivity contribution in [3.05, 3.63) is 28.8 Å². The van der Waals surface area contributed by atoms with Crippen LogP contribution in [0.5, 0.6) is 5.75 Å². The van der Waals surface area contributed by atoms with Gasteiger partial charge in [0.05, 0.1) is 12.7 Å². The summed E-state index contributed by atoms with van der Waals surface area (Å²) in [6, 6.07) is 2.73. The molecule has 7 heteroatoms. The number of alkyl halides is 3. The number of carbonyl (C=O) groups excluding carboxylic acids is 1. The molecular formula is C11H10ClF3O3. The molecule has 0 fully saturated rings. The summed E-state index contributed by atoms with van der Waals surface area (Å²) in [5, 5.41) is -0.128. The maximum absolute atomic E-state index is 12.5. The van der Waals surface area contributed by atoms with Crippen LogP contribution in [-0.2, 0) is 15.7 Å². The molecule has 0 spiro atoms. The summed E-state index contributed by atoms with van der Waals surface area (Å²) >= 11 is 5.56. The number of hydrogen-bond acceptors (Lipinski definition) is 3. The van der Waals surface area contributed by atoms with Crippen LogP contribution in [0.3, 0.4) is 0 Å². The second-order valence-electron chi connectivity index (χ2n) is 3.46. The number of ether oxygens (including phenoxy) is 2. The molecule has 100 valence electrons. The lowest BCUT2D eigenvalue weighted by Gasteiger charge is -2.14. The number of carbonyl (C=O) groups is 1. The average Bonchev–Trinajstić information content (AvgIpc) is 2.25. The zero-order valence-corrected chi connectivity index (χ0v) is 10.3. The van der Waals surface area contributed by atoms with Crippen molar-refractivity contribution in [1.82, 2.24) is 0 Å². The Morgan fingerprint density at radius 3 is 2.44 bits per heavy atom. The van der Waals surface area contributed by atoms with Gasteiger partial charge < -0.3 is 9.47 Å². The van der Waals surface area contributed by atoms with Crippen molar-refractivity contribution in [2.45, 2.75) is 19.2 Å². The van der Waals surface area contributed by atoms with Crippen molar-refractivity contribution in [2.24, 2.45) is 0 Å². The van der Waals surface area contributed by atoms with Gasteiger partial charge in [0, 0.05) is 5.02 Å². The van der Waals surface area contributed by atoms with Crippen LogP contribution in [0.4, 0.5) is 13.2 Å². The molecule has 1 rings (SSSR count). The highest BCUT2D eigenvalue weighted by atomic mass is 35.5. The summed E-state index contributed by atoms with van der Waals surface area (Å²) in [6.45, 7) is 1.36. The third kappa shape index (κ3) is 3.80. The van der Waals surface area contributed by atoms with Gasteiger partial charge in [0.15, 0.2) is 6.10 Å². The Morgan fingerprint density at radius 1 is 1.33 bits per heavy atom. The van der Waals surface area contributed by atoms with Crippen molar-refractivity contribution in [1.29, 1.82) is 0 Å². The first-order chi connectivity index (χ1) is 8.24. The number of halogens is 4. The summed E-state index contributed by atoms with van der Waals surface area (Å²) < 4.78 is 46.9. The van der Waals surface area contributed by atoms with Gasteiger partial charge in [0.25, 0.3) is 0 Å². The minimum absolute atomic E-state index is 0.128. The normalized spacial score (nSPS) is 13.0. The molecule has 0 bridgehead atoms. The highest BCUT2D eigenvalue weighted by molar-refractivity contribution is 6.30. The van der Waals surface area contributed by atoms with Gasteiger partial charge in [-0.3, -0.25) is 0 Å². The summed E-state index contributed by atoms with van der Waals surface area (Å²) in [4.78, 5) is 11.1. The van der Waals surface area contributed by atoms with Crippen LogP contribution in [0.15, 0.2) is 18.2 Å². The molecule has 0 N–H and O–H groups in total. The zero-order chi connectivity index (χ0) is 13.9. The monoisotopic (exact) mass is 282 g/mol. The summed E-state index contributed by atoms with van der Waals surface area (Å²) in [5.74, 6) is -0.837. The van der Waals surface area contributed by atoms with Gasteiger partial charge >= 0.3 is 12.1 Å². The first kappa shape index (κ1) is 14.6. The van der Waals surface area contributed by atoms with Crippen molar-refractivity contribution in [3.63, 3.8) is 0 Å². The first-order valence-electron chi connectivity index (χ1n) is 4.86. The summed E-state index contributed by atoms with van der Waals surface area (Å²) in [5.41, 5.74) is -0.943. The Bertz CT molecular complexity index is 446. The lowest BCUT2D eigenvalue weighted by atomic mass is 10.2. The maximum atomic E-state index is 12.5. The Kier molecular flexibility index (Phi) is 4.45. The lowest BCUT2D eigenvalue weighted by molar-refractivity contribution is -0.147. The van der Waals surface area contributed by atoms with E-state index in [1.807, 2.05) is 0 Å². The minimum atomic E-state index is -4.53. The number of methoxy groups -OCH3 is 1. The molecule has 1 atom stereocenters. The van der Waals surface area contributed by atoms with E-state index in [2.05, 4.69) is 4.74 Å². The Hall–Kier alpha value is -1.43. The predicted octanol–water partition coefficient (Wildman–Crippen LogP) is 3.30. The minimum Gasteiger partial charge on any atom is -0.479 e. The molecule has 0 aliphatic heterocycles. The standard InChI is InChI=1S/C11H10ClF3O3/c1-6(10(16)17-2)18-9-4-7(11(13,14)15)3-8(12)5-9/h3-6H,1-2H3/t6-/m0/s1. The first-order valence-corrected chi connectivity index (χ1v) is 5.24. The molecule has 0 saturated heterocycles. The SMILES string of the molecule is COC(=O)[C@H](C)Oc1cc(Cl)cc(C(F)(F)F)c1. The van der Waals surface area contributed by atoms with Gasteiger partial charge in [0.2, 0.25) is 0 Å². The second kappa shape index (κ2) is 5.48. The smallest absolute Gasteiger partial charge is 0.416 e. The largest absolute Gasteiger partial charge is 0.479 e. The quantitative estimate of drug-likeness (QED) is 0.798. The van der Waals surface area contributed by atoms with Gasteiger partial charge in [0.1, 0.15) is 5.75 Å². The summed E-state index contributed by atoms with van der Waals surface area (Å²) in [7, 11) is 1.15. The van der Waals surface area contributed by atoms with Crippen molar-refractivity contribution in [2.75, 3.05) is 7.11 Å². The molecule has 0 aromatic heterocycles. The fourth-order valence-corrected chi connectivity index (χ4v) is 1.44. The van der Waals surface area contributed by atoms with Gasteiger partial charge in [-0.1, -0.05) is 11.6 Å². The van der Waals surface area contributed by atoms with Crippen LogP contribution < -0.4 is 4.74 Å². The predicted molar refractivity (Wildman–Crippen MR) is 58.6 cm³/mol. The fraction of sp³-hybridized carbons (Fsp3) is 0.364. The average molecular weight is 283 g/mol. The molecule has 18 heavy (non-hydrogen) atoms. The van der Waals surface area contributed by atoms with E-state index in [4.69, 9.17) is 16.3 Å². The van der Waals surface area contributed by atoms with E-state index in [1.165, 1.54) is 13.0 Å². The number of hydrogen-bond donors (Lipinski definition) is 0. The second-order valence-corrected chi connectivity index (χ2v) is 3.89. The van der Waals surface area contributed by atoms with Crippen LogP contribution in [0.1, 0.15) is 12.5 Å². The van der Waals surface area contributed by atoms with E-state index in [0.29, 0.717) is 0 Å². The third-order valence-electron chi connectivity index (χ3n) is 2.04. The molecule has 1 aromatic carbocycles. The van der Waals surface area contributed by atoms with E-state index in [0.717, 1.165) is 19.2 Å². The third-order valence-corrected chi connectivity index (χ3v) is 2.26. The highest BCUT2D eigenvalue weighted by Crippen LogP contribution is 2.34. The van der Waals surface area contributed by atoms with E-state index in [1.54, 1.807) is 0 Å². The molecule has 0 aliphatic rings. The van der Waals surface area contributed by atoms with E-state index >= 15 is 0 Å². The van der Waals surface area contributed by atoms with Gasteiger partial charge in [-0.25, -0.2) is 4.79 Å². The van der Waals surface area contributed by atoms with Crippen molar-refractivity contribution >= 4 is 17.6 Å². The Labute approximate surface area is 106 Å². The lowest BCUT2D eigenvalue weighted by Crippen LogP contribution is -2.25. The molecule has 0 saturated carbocycles. The van der Waals surface area contributed by atoms with Crippen LogP contribution in [-0.4, -0.2) is 19.2 Å². The van der Waals surface area contributed by atoms with Gasteiger partial charge in [-0.05, 0) is 25.1 Å². The molecule has 1 aromatic rings. The molecule has 0 radical (unpaired) electrons. The molecule has 3 nitrogen and oxygen atoms in total. The molecule has 0 aliphatic carbocycles. The topological polar surface area (TPSA) is 35.5 Å². The fourth-order valence-electron chi connectivity index (χ4n) is 1.21. The van der Waals surface area contributed by atoms with Crippen LogP contribution in [0.2, 0.25) is 5.02 Å². The highest BCUT2D eigenvalue weighted by Gasteiger charge is 2.31. The van der Waals surface area contributed by atoms with E-state index < -0.39 is 23.8 Å². The number of rotatable bonds is 3. The molecular weight excluding hydrogens is 273 g/mol. The Morgan fingerprint density at radius 2 is 1.94 bits per heavy atom. The molecule has 0 heterocycles. The van der Waals surface area contributed by atoms with Crippen LogP contribution >= 0.6 is 11.6 Å². The van der Waals surface area contributed by atoms with Gasteiger partial charge in [-0.2, -0.15) is 13.2 Å². The number of benzene rings is 1. The van der Waals surface area contributed by atoms with Crippen molar-refractivity contribution < 1.29 is 27.4 Å². The van der Waals surface area contributed by atoms with Crippen molar-refractivity contribution in [3.8, 4) is 5.75 Å². The van der Waals surface area contributed by atoms with Crippen LogP contribution in [0.25, 0.3) is 0 Å². The Balaban J connectivity index is 2.97. The zero-order valence-electron chi connectivity index (χ0n) is 9.55. The maximum Gasteiger partial charge on any atom is 0.416 e.